The maximum Gasteiger partial charge on any atom is 0.0598 e. The molecule has 3 nitrogen and oxygen atoms in total. The summed E-state index contributed by atoms with van der Waals surface area (Å²) in [4.78, 5) is 6.53. The van der Waals surface area contributed by atoms with Crippen molar-refractivity contribution in [2.75, 3.05) is 17.7 Å². The average Bonchev–Trinajstić information content (AvgIpc) is 2.32. The van der Waals surface area contributed by atoms with Crippen molar-refractivity contribution in [1.29, 1.82) is 0 Å². The molecule has 1 aromatic heterocycles. The van der Waals surface area contributed by atoms with Crippen LogP contribution >= 0.6 is 0 Å². The number of aryl methyl sites for hydroxylation is 2. The molecule has 0 radical (unpaired) electrons. The highest BCUT2D eigenvalue weighted by Gasteiger charge is 2.06. The fraction of sp³-hybridized carbons (Fsp3) is 0.267. The first-order valence-electron chi connectivity index (χ1n) is 6.05. The number of benzene rings is 1. The molecule has 0 bridgehead atoms. The molecule has 0 atom stereocenters. The first-order valence-corrected chi connectivity index (χ1v) is 6.05. The van der Waals surface area contributed by atoms with Gasteiger partial charge in [-0.05, 0) is 37.6 Å². The molecule has 0 aliphatic rings. The van der Waals surface area contributed by atoms with E-state index < -0.39 is 0 Å². The van der Waals surface area contributed by atoms with Gasteiger partial charge in [0.25, 0.3) is 0 Å². The van der Waals surface area contributed by atoms with Gasteiger partial charge >= 0.3 is 0 Å². The van der Waals surface area contributed by atoms with E-state index in [1.54, 1.807) is 6.20 Å². The zero-order valence-corrected chi connectivity index (χ0v) is 11.1. The van der Waals surface area contributed by atoms with Gasteiger partial charge in [0.1, 0.15) is 0 Å². The number of pyridine rings is 1. The number of nitrogens with zero attached hydrogens (tertiary/aromatic N) is 2. The van der Waals surface area contributed by atoms with Gasteiger partial charge in [-0.2, -0.15) is 0 Å². The highest BCUT2D eigenvalue weighted by Crippen LogP contribution is 2.21. The van der Waals surface area contributed by atoms with E-state index in [0.717, 1.165) is 12.2 Å². The van der Waals surface area contributed by atoms with E-state index in [4.69, 9.17) is 5.73 Å². The summed E-state index contributed by atoms with van der Waals surface area (Å²) in [5, 5.41) is 0. The van der Waals surface area contributed by atoms with Crippen LogP contribution < -0.4 is 10.6 Å². The topological polar surface area (TPSA) is 42.1 Å². The molecule has 1 aromatic carbocycles. The van der Waals surface area contributed by atoms with Crippen molar-refractivity contribution >= 4 is 11.4 Å². The zero-order chi connectivity index (χ0) is 13.1. The summed E-state index contributed by atoms with van der Waals surface area (Å²) in [5.41, 5.74) is 11.2. The Balaban J connectivity index is 2.16. The van der Waals surface area contributed by atoms with E-state index in [0.29, 0.717) is 5.69 Å². The van der Waals surface area contributed by atoms with Crippen molar-refractivity contribution in [1.82, 2.24) is 4.98 Å². The van der Waals surface area contributed by atoms with Crippen molar-refractivity contribution in [2.45, 2.75) is 20.4 Å². The van der Waals surface area contributed by atoms with E-state index >= 15 is 0 Å². The van der Waals surface area contributed by atoms with Gasteiger partial charge < -0.3 is 10.6 Å². The Kier molecular flexibility index (Phi) is 3.51. The third-order valence-corrected chi connectivity index (χ3v) is 3.01. The molecular weight excluding hydrogens is 222 g/mol. The van der Waals surface area contributed by atoms with E-state index in [-0.39, 0.29) is 0 Å². The van der Waals surface area contributed by atoms with E-state index in [1.807, 2.05) is 12.1 Å². The molecule has 1 heterocycles. The second-order valence-electron chi connectivity index (χ2n) is 4.73. The normalized spacial score (nSPS) is 10.4. The van der Waals surface area contributed by atoms with Crippen LogP contribution in [0.5, 0.6) is 0 Å². The van der Waals surface area contributed by atoms with Crippen LogP contribution in [0.3, 0.4) is 0 Å². The maximum absolute atomic E-state index is 5.63. The van der Waals surface area contributed by atoms with Crippen LogP contribution in [0.15, 0.2) is 36.5 Å². The largest absolute Gasteiger partial charge is 0.397 e. The summed E-state index contributed by atoms with van der Waals surface area (Å²) in [6, 6.07) is 10.3. The van der Waals surface area contributed by atoms with Gasteiger partial charge in [-0.15, -0.1) is 0 Å². The van der Waals surface area contributed by atoms with Gasteiger partial charge in [0.2, 0.25) is 0 Å². The van der Waals surface area contributed by atoms with Crippen molar-refractivity contribution in [3.63, 3.8) is 0 Å². The minimum atomic E-state index is 0.702. The Bertz CT molecular complexity index is 532. The van der Waals surface area contributed by atoms with Crippen LogP contribution in [0.25, 0.3) is 0 Å². The smallest absolute Gasteiger partial charge is 0.0598 e. The molecule has 3 heteroatoms. The van der Waals surface area contributed by atoms with Crippen molar-refractivity contribution in [3.8, 4) is 0 Å². The zero-order valence-electron chi connectivity index (χ0n) is 11.1. The Labute approximate surface area is 108 Å². The van der Waals surface area contributed by atoms with E-state index in [2.05, 4.69) is 49.0 Å². The van der Waals surface area contributed by atoms with Gasteiger partial charge in [-0.3, -0.25) is 4.98 Å². The molecule has 2 N–H and O–H groups in total. The lowest BCUT2D eigenvalue weighted by molar-refractivity contribution is 0.881. The van der Waals surface area contributed by atoms with Crippen molar-refractivity contribution in [3.05, 3.63) is 53.3 Å². The monoisotopic (exact) mass is 241 g/mol. The number of rotatable bonds is 3. The summed E-state index contributed by atoms with van der Waals surface area (Å²) in [6.45, 7) is 5.03. The van der Waals surface area contributed by atoms with Gasteiger partial charge in [0, 0.05) is 12.7 Å². The molecule has 2 aromatic rings. The molecule has 0 saturated carbocycles. The van der Waals surface area contributed by atoms with Gasteiger partial charge in [0.15, 0.2) is 0 Å². The Hall–Kier alpha value is -2.03. The first-order chi connectivity index (χ1) is 8.56. The van der Waals surface area contributed by atoms with Gasteiger partial charge in [0.05, 0.1) is 24.1 Å². The van der Waals surface area contributed by atoms with Crippen LogP contribution in [-0.2, 0) is 6.54 Å². The van der Waals surface area contributed by atoms with Crippen LogP contribution in [-0.4, -0.2) is 12.0 Å². The van der Waals surface area contributed by atoms with Crippen LogP contribution in [0.4, 0.5) is 11.4 Å². The van der Waals surface area contributed by atoms with Crippen LogP contribution in [0.1, 0.15) is 16.8 Å². The Morgan fingerprint density at radius 3 is 2.56 bits per heavy atom. The molecule has 0 saturated heterocycles. The van der Waals surface area contributed by atoms with Crippen LogP contribution in [0, 0.1) is 13.8 Å². The van der Waals surface area contributed by atoms with Crippen molar-refractivity contribution in [2.24, 2.45) is 0 Å². The molecule has 18 heavy (non-hydrogen) atoms. The molecule has 94 valence electrons. The highest BCUT2D eigenvalue weighted by molar-refractivity contribution is 5.54. The lowest BCUT2D eigenvalue weighted by Crippen LogP contribution is -2.18. The molecule has 0 spiro atoms. The summed E-state index contributed by atoms with van der Waals surface area (Å²) < 4.78 is 0. The van der Waals surface area contributed by atoms with E-state index in [1.165, 1.54) is 16.8 Å². The number of anilines is 2. The summed E-state index contributed by atoms with van der Waals surface area (Å²) in [7, 11) is 2.08. The van der Waals surface area contributed by atoms with Crippen LogP contribution in [0.2, 0.25) is 0 Å². The Morgan fingerprint density at radius 2 is 1.94 bits per heavy atom. The molecular formula is C15H19N3. The third kappa shape index (κ3) is 2.80. The fourth-order valence-corrected chi connectivity index (χ4v) is 2.09. The molecule has 0 amide bonds. The second kappa shape index (κ2) is 5.08. The van der Waals surface area contributed by atoms with Gasteiger partial charge in [-0.1, -0.05) is 17.7 Å². The second-order valence-corrected chi connectivity index (χ2v) is 4.73. The van der Waals surface area contributed by atoms with E-state index in [9.17, 15) is 0 Å². The third-order valence-electron chi connectivity index (χ3n) is 3.01. The molecule has 0 unspecified atom stereocenters. The molecule has 0 aliphatic heterocycles. The lowest BCUT2D eigenvalue weighted by Gasteiger charge is -2.21. The number of hydrogen-bond donors (Lipinski definition) is 1. The quantitative estimate of drug-likeness (QED) is 0.898. The minimum Gasteiger partial charge on any atom is -0.397 e. The lowest BCUT2D eigenvalue weighted by atomic mass is 10.1. The maximum atomic E-state index is 5.63. The fourth-order valence-electron chi connectivity index (χ4n) is 2.09. The average molecular weight is 241 g/mol. The SMILES string of the molecule is Cc1ccc(N(C)Cc2ccc(N)cn2)c(C)c1. The predicted molar refractivity (Wildman–Crippen MR) is 76.7 cm³/mol. The summed E-state index contributed by atoms with van der Waals surface area (Å²) in [6.07, 6.45) is 1.70. The number of hydrogen-bond acceptors (Lipinski definition) is 3. The van der Waals surface area contributed by atoms with Gasteiger partial charge in [-0.25, -0.2) is 0 Å². The Morgan fingerprint density at radius 1 is 1.17 bits per heavy atom. The summed E-state index contributed by atoms with van der Waals surface area (Å²) >= 11 is 0. The predicted octanol–water partition coefficient (Wildman–Crippen LogP) is 2.92. The summed E-state index contributed by atoms with van der Waals surface area (Å²) in [5.74, 6) is 0. The number of nitrogen functional groups attached to an aromatic ring is 1. The molecule has 0 aliphatic carbocycles. The number of aromatic nitrogens is 1. The standard InChI is InChI=1S/C15H19N3/c1-11-4-7-15(12(2)8-11)18(3)10-14-6-5-13(16)9-17-14/h4-9H,10,16H2,1-3H3. The molecule has 2 rings (SSSR count). The highest BCUT2D eigenvalue weighted by atomic mass is 15.1. The van der Waals surface area contributed by atoms with Crippen molar-refractivity contribution < 1.29 is 0 Å². The first kappa shape index (κ1) is 12.4. The number of nitrogens with two attached hydrogens (primary N) is 1. The molecule has 0 fully saturated rings. The minimum absolute atomic E-state index is 0.702.